The number of nitrogens with zero attached hydrogens (tertiary/aromatic N) is 1. The Morgan fingerprint density at radius 3 is 2.29 bits per heavy atom. The molecule has 0 radical (unpaired) electrons. The second-order valence-corrected chi connectivity index (χ2v) is 7.91. The lowest BCUT2D eigenvalue weighted by Crippen LogP contribution is -2.49. The maximum atomic E-state index is 12.9. The lowest BCUT2D eigenvalue weighted by molar-refractivity contribution is -0.137. The van der Waals surface area contributed by atoms with Crippen LogP contribution in [0.5, 0.6) is 0 Å². The highest BCUT2D eigenvalue weighted by molar-refractivity contribution is 6.36. The van der Waals surface area contributed by atoms with E-state index in [4.69, 9.17) is 28.9 Å². The molecule has 3 rings (SSSR count). The fourth-order valence-corrected chi connectivity index (χ4v) is 4.82. The number of rotatable bonds is 3. The zero-order valence-electron chi connectivity index (χ0n) is 13.9. The molecule has 6 heteroatoms. The number of amides is 1. The van der Waals surface area contributed by atoms with Crippen LogP contribution < -0.4 is 5.73 Å². The average molecular weight is 392 g/mol. The normalized spacial score (nSPS) is 28.8. The molecule has 3 nitrogen and oxygen atoms in total. The maximum Gasteiger partial charge on any atom is 0.225 e. The van der Waals surface area contributed by atoms with Gasteiger partial charge in [-0.2, -0.15) is 0 Å². The molecule has 2 fully saturated rings. The summed E-state index contributed by atoms with van der Waals surface area (Å²) in [5.74, 6) is 1.31. The molecule has 0 saturated heterocycles. The second-order valence-electron chi connectivity index (χ2n) is 7.09. The summed E-state index contributed by atoms with van der Waals surface area (Å²) in [7, 11) is 1.84. The number of carbonyl (C=O) groups is 1. The van der Waals surface area contributed by atoms with Gasteiger partial charge < -0.3 is 10.6 Å². The molecule has 0 heterocycles. The highest BCUT2D eigenvalue weighted by Crippen LogP contribution is 2.42. The van der Waals surface area contributed by atoms with Gasteiger partial charge in [-0.25, -0.2) is 0 Å². The van der Waals surface area contributed by atoms with Gasteiger partial charge in [-0.1, -0.05) is 35.7 Å². The van der Waals surface area contributed by atoms with Crippen LogP contribution in [0.25, 0.3) is 0 Å². The Kier molecular flexibility index (Phi) is 6.83. The molecule has 1 aromatic carbocycles. The number of fused-ring (bicyclic) bond motifs is 2. The van der Waals surface area contributed by atoms with Crippen molar-refractivity contribution in [2.75, 3.05) is 7.05 Å². The molecule has 134 valence electrons. The highest BCUT2D eigenvalue weighted by atomic mass is 35.5. The van der Waals surface area contributed by atoms with Crippen molar-refractivity contribution in [2.24, 2.45) is 23.5 Å². The van der Waals surface area contributed by atoms with Crippen LogP contribution in [-0.2, 0) is 11.3 Å². The summed E-state index contributed by atoms with van der Waals surface area (Å²) in [4.78, 5) is 14.6. The third kappa shape index (κ3) is 4.01. The van der Waals surface area contributed by atoms with E-state index in [-0.39, 0.29) is 30.3 Å². The van der Waals surface area contributed by atoms with Crippen molar-refractivity contribution in [3.63, 3.8) is 0 Å². The Hall–Kier alpha value is -0.480. The lowest BCUT2D eigenvalue weighted by atomic mass is 9.65. The molecule has 2 saturated carbocycles. The van der Waals surface area contributed by atoms with Crippen LogP contribution >= 0.6 is 35.6 Å². The van der Waals surface area contributed by atoms with Crippen LogP contribution in [0.4, 0.5) is 0 Å². The van der Waals surface area contributed by atoms with Gasteiger partial charge in [-0.3, -0.25) is 4.79 Å². The van der Waals surface area contributed by atoms with Gasteiger partial charge in [0.1, 0.15) is 0 Å². The van der Waals surface area contributed by atoms with Crippen LogP contribution in [-0.4, -0.2) is 23.9 Å². The van der Waals surface area contributed by atoms with Gasteiger partial charge >= 0.3 is 0 Å². The highest BCUT2D eigenvalue weighted by Gasteiger charge is 2.41. The van der Waals surface area contributed by atoms with Gasteiger partial charge in [0, 0.05) is 41.2 Å². The Balaban J connectivity index is 0.00000208. The van der Waals surface area contributed by atoms with Gasteiger partial charge in [0.25, 0.3) is 0 Å². The molecule has 2 atom stereocenters. The van der Waals surface area contributed by atoms with Crippen LogP contribution in [0, 0.1) is 17.8 Å². The first kappa shape index (κ1) is 19.8. The van der Waals surface area contributed by atoms with E-state index in [9.17, 15) is 4.79 Å². The number of hydrogen-bond donors (Lipinski definition) is 1. The predicted octanol–water partition coefficient (Wildman–Crippen LogP) is 4.53. The van der Waals surface area contributed by atoms with Crippen molar-refractivity contribution in [1.82, 2.24) is 4.90 Å². The molecule has 2 aliphatic rings. The SMILES string of the molecule is CN(Cc1c(Cl)cccc1Cl)C(=O)C1CC2CCCC(C1)C2N.Cl. The summed E-state index contributed by atoms with van der Waals surface area (Å²) in [5.41, 5.74) is 7.15. The minimum absolute atomic E-state index is 0. The van der Waals surface area contributed by atoms with E-state index < -0.39 is 0 Å². The molecule has 1 amide bonds. The first-order valence-corrected chi connectivity index (χ1v) is 9.16. The van der Waals surface area contributed by atoms with E-state index in [2.05, 4.69) is 0 Å². The summed E-state index contributed by atoms with van der Waals surface area (Å²) in [6, 6.07) is 5.73. The largest absolute Gasteiger partial charge is 0.341 e. The predicted molar refractivity (Wildman–Crippen MR) is 102 cm³/mol. The van der Waals surface area contributed by atoms with Gasteiger partial charge in [-0.05, 0) is 49.7 Å². The smallest absolute Gasteiger partial charge is 0.225 e. The summed E-state index contributed by atoms with van der Waals surface area (Å²) in [5, 5.41) is 1.22. The fraction of sp³-hybridized carbons (Fsp3) is 0.611. The monoisotopic (exact) mass is 390 g/mol. The minimum atomic E-state index is 0. The van der Waals surface area contributed by atoms with E-state index in [1.54, 1.807) is 4.90 Å². The number of benzene rings is 1. The summed E-state index contributed by atoms with van der Waals surface area (Å²) in [6.45, 7) is 0.454. The summed E-state index contributed by atoms with van der Waals surface area (Å²) >= 11 is 12.4. The van der Waals surface area contributed by atoms with Gasteiger partial charge in [0.15, 0.2) is 0 Å². The van der Waals surface area contributed by atoms with Crippen molar-refractivity contribution in [2.45, 2.75) is 44.7 Å². The van der Waals surface area contributed by atoms with E-state index in [1.807, 2.05) is 25.2 Å². The van der Waals surface area contributed by atoms with Gasteiger partial charge in [0.2, 0.25) is 5.91 Å². The Morgan fingerprint density at radius 1 is 1.21 bits per heavy atom. The van der Waals surface area contributed by atoms with Gasteiger partial charge in [0.05, 0.1) is 0 Å². The van der Waals surface area contributed by atoms with Crippen LogP contribution in [0.1, 0.15) is 37.7 Å². The standard InChI is InChI=1S/C18H24Cl2N2O.ClH/c1-22(10-14-15(19)6-3-7-16(14)20)18(23)13-8-11-4-2-5-12(9-13)17(11)21;/h3,6-7,11-13,17H,2,4-5,8-10,21H2,1H3;1H. The zero-order valence-corrected chi connectivity index (χ0v) is 16.2. The molecule has 1 aromatic rings. The van der Waals surface area contributed by atoms with Crippen molar-refractivity contribution in [3.05, 3.63) is 33.8 Å². The van der Waals surface area contributed by atoms with Crippen LogP contribution in [0.3, 0.4) is 0 Å². The molecular weight excluding hydrogens is 367 g/mol. The van der Waals surface area contributed by atoms with E-state index in [0.717, 1.165) is 18.4 Å². The first-order chi connectivity index (χ1) is 11.0. The van der Waals surface area contributed by atoms with Crippen LogP contribution in [0.2, 0.25) is 10.0 Å². The van der Waals surface area contributed by atoms with Gasteiger partial charge in [-0.15, -0.1) is 12.4 Å². The molecule has 2 bridgehead atoms. The summed E-state index contributed by atoms with van der Waals surface area (Å²) < 4.78 is 0. The fourth-order valence-electron chi connectivity index (χ4n) is 4.30. The van der Waals surface area contributed by atoms with Crippen molar-refractivity contribution in [1.29, 1.82) is 0 Å². The van der Waals surface area contributed by atoms with Crippen LogP contribution in [0.15, 0.2) is 18.2 Å². The molecule has 2 aliphatic carbocycles. The third-order valence-electron chi connectivity index (χ3n) is 5.60. The topological polar surface area (TPSA) is 46.3 Å². The molecule has 0 aromatic heterocycles. The Bertz CT molecular complexity index is 561. The van der Waals surface area contributed by atoms with E-state index in [1.165, 1.54) is 19.3 Å². The number of halogens is 3. The summed E-state index contributed by atoms with van der Waals surface area (Å²) in [6.07, 6.45) is 5.45. The number of carbonyl (C=O) groups excluding carboxylic acids is 1. The van der Waals surface area contributed by atoms with Crippen molar-refractivity contribution >= 4 is 41.5 Å². The molecule has 2 N–H and O–H groups in total. The third-order valence-corrected chi connectivity index (χ3v) is 6.30. The Labute approximate surface area is 160 Å². The quantitative estimate of drug-likeness (QED) is 0.823. The average Bonchev–Trinajstić information content (AvgIpc) is 2.50. The Morgan fingerprint density at radius 2 is 1.75 bits per heavy atom. The molecule has 0 spiro atoms. The number of hydrogen-bond acceptors (Lipinski definition) is 2. The number of nitrogens with two attached hydrogens (primary N) is 1. The molecular formula is C18H25Cl3N2O. The first-order valence-electron chi connectivity index (χ1n) is 8.40. The maximum absolute atomic E-state index is 12.9. The molecule has 2 unspecified atom stereocenters. The molecule has 0 aliphatic heterocycles. The zero-order chi connectivity index (χ0) is 16.6. The van der Waals surface area contributed by atoms with E-state index >= 15 is 0 Å². The second kappa shape index (κ2) is 8.27. The minimum Gasteiger partial charge on any atom is -0.341 e. The van der Waals surface area contributed by atoms with Crippen molar-refractivity contribution < 1.29 is 4.79 Å². The molecule has 24 heavy (non-hydrogen) atoms. The van der Waals surface area contributed by atoms with Crippen molar-refractivity contribution in [3.8, 4) is 0 Å². The lowest BCUT2D eigenvalue weighted by Gasteiger charge is -2.44. The van der Waals surface area contributed by atoms with E-state index in [0.29, 0.717) is 28.4 Å².